The zero-order valence-electron chi connectivity index (χ0n) is 13.5. The molecule has 20 heavy (non-hydrogen) atoms. The van der Waals surface area contributed by atoms with Crippen LogP contribution in [0.25, 0.3) is 0 Å². The molecule has 2 nitrogen and oxygen atoms in total. The van der Waals surface area contributed by atoms with Crippen LogP contribution >= 0.6 is 0 Å². The van der Waals surface area contributed by atoms with Crippen LogP contribution < -0.4 is 0 Å². The third kappa shape index (κ3) is 4.34. The van der Waals surface area contributed by atoms with Crippen LogP contribution in [-0.4, -0.2) is 21.2 Å². The second kappa shape index (κ2) is 6.89. The molecule has 0 N–H and O–H groups in total. The Balaban J connectivity index is 3.33. The van der Waals surface area contributed by atoms with Crippen LogP contribution in [0.4, 0.5) is 0 Å². The summed E-state index contributed by atoms with van der Waals surface area (Å²) in [7, 11) is -0.128. The Morgan fingerprint density at radius 1 is 1.15 bits per heavy atom. The smallest absolute Gasteiger partial charge is 0.333 e. The third-order valence-corrected chi connectivity index (χ3v) is 5.69. The highest BCUT2D eigenvalue weighted by atomic mass is 28.3. The fourth-order valence-corrected chi connectivity index (χ4v) is 4.31. The molecular weight excluding hydrogens is 264 g/mol. The Kier molecular flexibility index (Phi) is 5.75. The monoisotopic (exact) mass is 290 g/mol. The van der Waals surface area contributed by atoms with Gasteiger partial charge in [-0.05, 0) is 17.9 Å². The molecule has 0 aliphatic carbocycles. The molecule has 0 saturated carbocycles. The van der Waals surface area contributed by atoms with Crippen molar-refractivity contribution in [3.8, 4) is 0 Å². The summed E-state index contributed by atoms with van der Waals surface area (Å²) < 4.78 is 5.01. The van der Waals surface area contributed by atoms with Gasteiger partial charge in [-0.3, -0.25) is 0 Å². The maximum Gasteiger partial charge on any atom is 0.333 e. The number of carbonyl (C=O) groups is 1. The number of carbonyl (C=O) groups excluding carboxylic acids is 1. The van der Waals surface area contributed by atoms with Crippen LogP contribution in [0.2, 0.25) is 19.6 Å². The fraction of sp³-hybridized carbons (Fsp3) is 0.471. The quantitative estimate of drug-likeness (QED) is 0.461. The van der Waals surface area contributed by atoms with Crippen molar-refractivity contribution in [2.75, 3.05) is 7.11 Å². The Morgan fingerprint density at radius 3 is 2.10 bits per heavy atom. The molecule has 0 fully saturated rings. The summed E-state index contributed by atoms with van der Waals surface area (Å²) >= 11 is 0. The van der Waals surface area contributed by atoms with Crippen molar-refractivity contribution in [3.63, 3.8) is 0 Å². The molecule has 3 heteroatoms. The fourth-order valence-electron chi connectivity index (χ4n) is 2.38. The summed E-state index contributed by atoms with van der Waals surface area (Å²) in [4.78, 5) is 12.2. The molecule has 0 aliphatic heterocycles. The van der Waals surface area contributed by atoms with Gasteiger partial charge in [0.1, 0.15) is 0 Å². The predicted octanol–water partition coefficient (Wildman–Crippen LogP) is 4.23. The van der Waals surface area contributed by atoms with Crippen molar-refractivity contribution in [1.29, 1.82) is 0 Å². The number of allylic oxidation sites excluding steroid dienone is 1. The van der Waals surface area contributed by atoms with Gasteiger partial charge in [0.05, 0.1) is 15.2 Å². The van der Waals surface area contributed by atoms with Crippen molar-refractivity contribution in [2.24, 2.45) is 5.92 Å². The minimum absolute atomic E-state index is 0.173. The number of ether oxygens (including phenoxy) is 1. The van der Waals surface area contributed by atoms with E-state index in [-0.39, 0.29) is 11.9 Å². The van der Waals surface area contributed by atoms with E-state index in [1.54, 1.807) is 0 Å². The van der Waals surface area contributed by atoms with E-state index in [9.17, 15) is 4.79 Å². The van der Waals surface area contributed by atoms with Gasteiger partial charge >= 0.3 is 5.97 Å². The van der Waals surface area contributed by atoms with Gasteiger partial charge in [-0.15, -0.1) is 0 Å². The molecule has 0 saturated heterocycles. The van der Waals surface area contributed by atoms with E-state index in [2.05, 4.69) is 45.6 Å². The number of esters is 1. The van der Waals surface area contributed by atoms with Crippen molar-refractivity contribution >= 4 is 14.0 Å². The van der Waals surface area contributed by atoms with Gasteiger partial charge in [0.2, 0.25) is 0 Å². The zero-order valence-corrected chi connectivity index (χ0v) is 14.5. The molecule has 0 heterocycles. The van der Waals surface area contributed by atoms with Gasteiger partial charge in [-0.2, -0.15) is 0 Å². The van der Waals surface area contributed by atoms with Crippen LogP contribution in [0.5, 0.6) is 0 Å². The first-order chi connectivity index (χ1) is 9.27. The molecule has 0 aliphatic rings. The highest BCUT2D eigenvalue weighted by Crippen LogP contribution is 2.28. The number of rotatable bonds is 5. The summed E-state index contributed by atoms with van der Waals surface area (Å²) in [6, 6.07) is 10.4. The SMILES string of the molecule is COC(=O)/C(=C(/Cc1ccccc1)[Si](C)(C)C)C(C)C. The highest BCUT2D eigenvalue weighted by molar-refractivity contribution is 6.83. The molecule has 1 rings (SSSR count). The summed E-state index contributed by atoms with van der Waals surface area (Å²) in [5.41, 5.74) is 2.13. The first-order valence-electron chi connectivity index (χ1n) is 7.13. The summed E-state index contributed by atoms with van der Waals surface area (Å²) in [6.07, 6.45) is 0.846. The maximum absolute atomic E-state index is 12.2. The molecule has 0 amide bonds. The lowest BCUT2D eigenvalue weighted by atomic mass is 10.00. The summed E-state index contributed by atoms with van der Waals surface area (Å²) in [6.45, 7) is 11.0. The van der Waals surface area contributed by atoms with Crippen LogP contribution in [0.3, 0.4) is 0 Å². The summed E-state index contributed by atoms with van der Waals surface area (Å²) in [5, 5.41) is 1.30. The summed E-state index contributed by atoms with van der Waals surface area (Å²) in [5.74, 6) is 0.0150. The molecule has 0 atom stereocenters. The lowest BCUT2D eigenvalue weighted by molar-refractivity contribution is -0.136. The Hall–Kier alpha value is -1.35. The van der Waals surface area contributed by atoms with Crippen LogP contribution in [0.1, 0.15) is 19.4 Å². The number of methoxy groups -OCH3 is 1. The van der Waals surface area contributed by atoms with E-state index in [1.165, 1.54) is 17.9 Å². The van der Waals surface area contributed by atoms with Crippen LogP contribution in [0, 0.1) is 5.92 Å². The second-order valence-electron chi connectivity index (χ2n) is 6.45. The second-order valence-corrected chi connectivity index (χ2v) is 11.6. The van der Waals surface area contributed by atoms with E-state index in [1.807, 2.05) is 18.2 Å². The van der Waals surface area contributed by atoms with Crippen molar-refractivity contribution in [1.82, 2.24) is 0 Å². The number of hydrogen-bond donors (Lipinski definition) is 0. The Bertz CT molecular complexity index is 481. The predicted molar refractivity (Wildman–Crippen MR) is 87.4 cm³/mol. The van der Waals surface area contributed by atoms with Crippen LogP contribution in [-0.2, 0) is 16.0 Å². The first-order valence-corrected chi connectivity index (χ1v) is 10.6. The number of hydrogen-bond acceptors (Lipinski definition) is 2. The lowest BCUT2D eigenvalue weighted by Crippen LogP contribution is -2.30. The minimum atomic E-state index is -1.60. The van der Waals surface area contributed by atoms with E-state index in [0.29, 0.717) is 0 Å². The van der Waals surface area contributed by atoms with Gasteiger partial charge in [-0.1, -0.05) is 69.0 Å². The molecule has 1 aromatic rings. The van der Waals surface area contributed by atoms with Crippen LogP contribution in [0.15, 0.2) is 41.1 Å². The largest absolute Gasteiger partial charge is 0.466 e. The van der Waals surface area contributed by atoms with Gasteiger partial charge in [0.25, 0.3) is 0 Å². The van der Waals surface area contributed by atoms with Crippen molar-refractivity contribution in [3.05, 3.63) is 46.7 Å². The first kappa shape index (κ1) is 16.7. The molecule has 0 radical (unpaired) electrons. The lowest BCUT2D eigenvalue weighted by Gasteiger charge is -2.26. The minimum Gasteiger partial charge on any atom is -0.466 e. The van der Waals surface area contributed by atoms with Gasteiger partial charge in [0, 0.05) is 5.57 Å². The van der Waals surface area contributed by atoms with E-state index in [0.717, 1.165) is 12.0 Å². The highest BCUT2D eigenvalue weighted by Gasteiger charge is 2.28. The molecule has 0 bridgehead atoms. The standard InChI is InChI=1S/C17H26O2Si/c1-13(2)16(17(18)19-3)15(20(4,5)6)12-14-10-8-7-9-11-14/h7-11,13H,12H2,1-6H3/b16-15-. The Morgan fingerprint density at radius 2 is 1.70 bits per heavy atom. The Labute approximate surface area is 123 Å². The molecular formula is C17H26O2Si. The molecule has 0 unspecified atom stereocenters. The number of benzene rings is 1. The van der Waals surface area contributed by atoms with E-state index < -0.39 is 8.07 Å². The van der Waals surface area contributed by atoms with E-state index >= 15 is 0 Å². The third-order valence-electron chi connectivity index (χ3n) is 3.44. The maximum atomic E-state index is 12.2. The van der Waals surface area contributed by atoms with Crippen molar-refractivity contribution < 1.29 is 9.53 Å². The molecule has 1 aromatic carbocycles. The average molecular weight is 290 g/mol. The van der Waals surface area contributed by atoms with E-state index in [4.69, 9.17) is 4.74 Å². The van der Waals surface area contributed by atoms with Gasteiger partial charge < -0.3 is 4.74 Å². The molecule has 110 valence electrons. The normalized spacial score (nSPS) is 13.2. The average Bonchev–Trinajstić information content (AvgIpc) is 2.37. The molecule has 0 spiro atoms. The topological polar surface area (TPSA) is 26.3 Å². The molecule has 0 aromatic heterocycles. The van der Waals surface area contributed by atoms with Gasteiger partial charge in [0.15, 0.2) is 0 Å². The van der Waals surface area contributed by atoms with Gasteiger partial charge in [-0.25, -0.2) is 4.79 Å². The van der Waals surface area contributed by atoms with Crippen molar-refractivity contribution in [2.45, 2.75) is 39.9 Å². The zero-order chi connectivity index (χ0) is 15.3.